The predicted octanol–water partition coefficient (Wildman–Crippen LogP) is 3.57. The Hall–Kier alpha value is -1.46. The van der Waals surface area contributed by atoms with Crippen molar-refractivity contribution < 1.29 is 9.18 Å². The summed E-state index contributed by atoms with van der Waals surface area (Å²) >= 11 is 0. The van der Waals surface area contributed by atoms with Crippen molar-refractivity contribution in [2.75, 3.05) is 6.54 Å². The maximum atomic E-state index is 13.7. The second-order valence-electron chi connectivity index (χ2n) is 8.76. The van der Waals surface area contributed by atoms with E-state index < -0.39 is 0 Å². The first-order valence-electron chi connectivity index (χ1n) is 10.7. The van der Waals surface area contributed by atoms with Crippen molar-refractivity contribution in [3.63, 3.8) is 0 Å². The Morgan fingerprint density at radius 3 is 2.78 bits per heavy atom. The number of hydrogen-bond acceptors (Lipinski definition) is 3. The van der Waals surface area contributed by atoms with Crippen LogP contribution in [0.25, 0.3) is 0 Å². The van der Waals surface area contributed by atoms with Crippen molar-refractivity contribution in [3.8, 4) is 0 Å². The van der Waals surface area contributed by atoms with Crippen molar-refractivity contribution in [1.82, 2.24) is 16.2 Å². The van der Waals surface area contributed by atoms with E-state index in [1.807, 2.05) is 6.07 Å². The summed E-state index contributed by atoms with van der Waals surface area (Å²) in [5, 5.41) is 3.17. The third-order valence-electron chi connectivity index (χ3n) is 7.09. The van der Waals surface area contributed by atoms with E-state index in [4.69, 9.17) is 0 Å². The van der Waals surface area contributed by atoms with E-state index in [2.05, 4.69) is 16.2 Å². The topological polar surface area (TPSA) is 53.2 Å². The summed E-state index contributed by atoms with van der Waals surface area (Å²) in [4.78, 5) is 12.5. The van der Waals surface area contributed by atoms with E-state index in [1.54, 1.807) is 12.1 Å². The van der Waals surface area contributed by atoms with Crippen molar-refractivity contribution >= 4 is 5.91 Å². The van der Waals surface area contributed by atoms with E-state index >= 15 is 0 Å². The first-order valence-corrected chi connectivity index (χ1v) is 10.7. The largest absolute Gasteiger partial charge is 0.355 e. The van der Waals surface area contributed by atoms with Gasteiger partial charge in [0.1, 0.15) is 5.82 Å². The summed E-state index contributed by atoms with van der Waals surface area (Å²) in [6, 6.07) is 7.93. The SMILES string of the molecule is O=C(CCC1NNC2CCCCC21)NCC1(c2cccc(F)c2)CCCC1. The monoisotopic (exact) mass is 373 g/mol. The highest BCUT2D eigenvalue weighted by molar-refractivity contribution is 5.76. The van der Waals surface area contributed by atoms with Crippen LogP contribution in [0, 0.1) is 11.7 Å². The number of hydrogen-bond donors (Lipinski definition) is 3. The Labute approximate surface area is 161 Å². The molecule has 1 aromatic carbocycles. The molecule has 1 saturated heterocycles. The zero-order valence-electron chi connectivity index (χ0n) is 16.1. The number of hydrazine groups is 1. The third kappa shape index (κ3) is 4.19. The molecule has 27 heavy (non-hydrogen) atoms. The smallest absolute Gasteiger partial charge is 0.220 e. The molecular formula is C22H32FN3O. The Morgan fingerprint density at radius 2 is 1.96 bits per heavy atom. The molecule has 0 bridgehead atoms. The van der Waals surface area contributed by atoms with Crippen LogP contribution in [0.4, 0.5) is 4.39 Å². The van der Waals surface area contributed by atoms with Crippen LogP contribution in [-0.4, -0.2) is 24.5 Å². The normalized spacial score (nSPS) is 29.4. The van der Waals surface area contributed by atoms with E-state index in [9.17, 15) is 9.18 Å². The maximum absolute atomic E-state index is 13.7. The number of carbonyl (C=O) groups is 1. The average molecular weight is 374 g/mol. The van der Waals surface area contributed by atoms with E-state index in [-0.39, 0.29) is 17.1 Å². The Kier molecular flexibility index (Phi) is 5.79. The lowest BCUT2D eigenvalue weighted by atomic mass is 9.78. The quantitative estimate of drug-likeness (QED) is 0.715. The molecule has 1 amide bonds. The van der Waals surface area contributed by atoms with Crippen molar-refractivity contribution in [3.05, 3.63) is 35.6 Å². The zero-order chi connectivity index (χ0) is 18.7. The lowest BCUT2D eigenvalue weighted by Crippen LogP contribution is -2.40. The minimum atomic E-state index is -0.188. The molecule has 4 nitrogen and oxygen atoms in total. The van der Waals surface area contributed by atoms with Gasteiger partial charge in [-0.3, -0.25) is 15.6 Å². The highest BCUT2D eigenvalue weighted by atomic mass is 19.1. The fourth-order valence-electron chi connectivity index (χ4n) is 5.51. The molecule has 0 radical (unpaired) electrons. The van der Waals surface area contributed by atoms with Gasteiger partial charge in [-0.05, 0) is 55.7 Å². The highest BCUT2D eigenvalue weighted by Crippen LogP contribution is 2.41. The molecule has 3 unspecified atom stereocenters. The van der Waals surface area contributed by atoms with Gasteiger partial charge in [0.2, 0.25) is 5.91 Å². The number of benzene rings is 1. The van der Waals surface area contributed by atoms with Gasteiger partial charge in [-0.2, -0.15) is 0 Å². The van der Waals surface area contributed by atoms with Crippen LogP contribution in [0.2, 0.25) is 0 Å². The summed E-state index contributed by atoms with van der Waals surface area (Å²) < 4.78 is 13.7. The van der Waals surface area contributed by atoms with Crippen LogP contribution >= 0.6 is 0 Å². The van der Waals surface area contributed by atoms with Gasteiger partial charge in [0.05, 0.1) is 0 Å². The molecule has 1 heterocycles. The molecule has 2 saturated carbocycles. The third-order valence-corrected chi connectivity index (χ3v) is 7.09. The van der Waals surface area contributed by atoms with Gasteiger partial charge in [0.15, 0.2) is 0 Å². The maximum Gasteiger partial charge on any atom is 0.220 e. The standard InChI is InChI=1S/C22H32FN3O/c23-17-7-5-6-16(14-17)22(12-3-4-13-22)15-24-21(27)11-10-20-18-8-1-2-9-19(18)25-26-20/h5-7,14,18-20,25-26H,1-4,8-13,15H2,(H,24,27). The Bertz CT molecular complexity index is 659. The molecule has 3 N–H and O–H groups in total. The lowest BCUT2D eigenvalue weighted by molar-refractivity contribution is -0.121. The number of fused-ring (bicyclic) bond motifs is 1. The van der Waals surface area contributed by atoms with Gasteiger partial charge in [0.25, 0.3) is 0 Å². The Morgan fingerprint density at radius 1 is 1.15 bits per heavy atom. The fraction of sp³-hybridized carbons (Fsp3) is 0.682. The van der Waals surface area contributed by atoms with Crippen molar-refractivity contribution in [2.24, 2.45) is 5.92 Å². The van der Waals surface area contributed by atoms with Crippen LogP contribution in [0.3, 0.4) is 0 Å². The molecule has 3 atom stereocenters. The fourth-order valence-corrected chi connectivity index (χ4v) is 5.51. The molecule has 0 aromatic heterocycles. The number of rotatable bonds is 6. The molecule has 0 spiro atoms. The number of carbonyl (C=O) groups excluding carboxylic acids is 1. The first kappa shape index (κ1) is 18.9. The number of halogens is 1. The van der Waals surface area contributed by atoms with Gasteiger partial charge in [-0.25, -0.2) is 4.39 Å². The van der Waals surface area contributed by atoms with Gasteiger partial charge >= 0.3 is 0 Å². The molecule has 3 aliphatic rings. The highest BCUT2D eigenvalue weighted by Gasteiger charge is 2.38. The van der Waals surface area contributed by atoms with Crippen LogP contribution in [0.15, 0.2) is 24.3 Å². The van der Waals surface area contributed by atoms with Crippen LogP contribution in [-0.2, 0) is 10.2 Å². The van der Waals surface area contributed by atoms with Gasteiger partial charge < -0.3 is 5.32 Å². The van der Waals surface area contributed by atoms with E-state index in [0.29, 0.717) is 31.0 Å². The summed E-state index contributed by atoms with van der Waals surface area (Å²) in [5.74, 6) is 0.603. The minimum Gasteiger partial charge on any atom is -0.355 e. The first-order chi connectivity index (χ1) is 13.2. The molecular weight excluding hydrogens is 341 g/mol. The Balaban J connectivity index is 1.30. The summed E-state index contributed by atoms with van der Waals surface area (Å²) in [6.07, 6.45) is 10.9. The molecule has 5 heteroatoms. The lowest BCUT2D eigenvalue weighted by Gasteiger charge is -2.30. The molecule has 1 aliphatic heterocycles. The second-order valence-corrected chi connectivity index (χ2v) is 8.76. The number of nitrogens with one attached hydrogen (secondary N) is 3. The van der Waals surface area contributed by atoms with Crippen molar-refractivity contribution in [1.29, 1.82) is 0 Å². The molecule has 1 aromatic rings. The summed E-state index contributed by atoms with van der Waals surface area (Å²) in [6.45, 7) is 0.623. The predicted molar refractivity (Wildman–Crippen MR) is 105 cm³/mol. The molecule has 4 rings (SSSR count). The van der Waals surface area contributed by atoms with Gasteiger partial charge in [-0.15, -0.1) is 0 Å². The van der Waals surface area contributed by atoms with E-state index in [1.165, 1.54) is 31.7 Å². The minimum absolute atomic E-state index is 0.0978. The summed E-state index contributed by atoms with van der Waals surface area (Å²) in [5.41, 5.74) is 7.78. The van der Waals surface area contributed by atoms with Crippen molar-refractivity contribution in [2.45, 2.75) is 81.7 Å². The van der Waals surface area contributed by atoms with Gasteiger partial charge in [0, 0.05) is 30.5 Å². The number of amides is 1. The molecule has 148 valence electrons. The van der Waals surface area contributed by atoms with Crippen LogP contribution < -0.4 is 16.2 Å². The molecule has 3 fully saturated rings. The van der Waals surface area contributed by atoms with E-state index in [0.717, 1.165) is 37.7 Å². The summed E-state index contributed by atoms with van der Waals surface area (Å²) in [7, 11) is 0. The van der Waals surface area contributed by atoms with Crippen LogP contribution in [0.5, 0.6) is 0 Å². The molecule has 2 aliphatic carbocycles. The van der Waals surface area contributed by atoms with Gasteiger partial charge in [-0.1, -0.05) is 37.8 Å². The second kappa shape index (κ2) is 8.27. The average Bonchev–Trinajstić information content (AvgIpc) is 3.33. The van der Waals surface area contributed by atoms with Crippen LogP contribution in [0.1, 0.15) is 69.8 Å². The zero-order valence-corrected chi connectivity index (χ0v) is 16.1.